The van der Waals surface area contributed by atoms with Crippen LogP contribution in [0.2, 0.25) is 0 Å². The number of pyridine rings is 1. The molecule has 4 heteroatoms. The highest BCUT2D eigenvalue weighted by Gasteiger charge is 2.29. The number of nitrogens with one attached hydrogen (secondary N) is 2. The van der Waals surface area contributed by atoms with Crippen molar-refractivity contribution in [2.75, 3.05) is 10.6 Å². The van der Waals surface area contributed by atoms with E-state index < -0.39 is 0 Å². The molecule has 1 aromatic carbocycles. The Balaban J connectivity index is 1.63. The molecule has 1 aliphatic carbocycles. The van der Waals surface area contributed by atoms with Crippen LogP contribution >= 0.6 is 0 Å². The molecular weight excluding hydrogens is 238 g/mol. The normalized spacial score (nSPS) is 13.9. The molecule has 96 valence electrons. The standard InChI is InChI=1S/C15H15N3O/c19-15(11-6-7-11)18-13-8-9-14(16-10-13)17-12-4-2-1-3-5-12/h1-5,8-11H,6-7H2,(H,16,17)(H,18,19). The third kappa shape index (κ3) is 3.10. The highest BCUT2D eigenvalue weighted by Crippen LogP contribution is 2.30. The molecular formula is C15H15N3O. The van der Waals surface area contributed by atoms with E-state index in [9.17, 15) is 4.79 Å². The molecule has 0 spiro atoms. The highest BCUT2D eigenvalue weighted by molar-refractivity contribution is 5.93. The van der Waals surface area contributed by atoms with Crippen LogP contribution in [0, 0.1) is 5.92 Å². The first-order valence-electron chi connectivity index (χ1n) is 6.40. The van der Waals surface area contributed by atoms with E-state index in [0.29, 0.717) is 0 Å². The van der Waals surface area contributed by atoms with Gasteiger partial charge in [0.1, 0.15) is 5.82 Å². The second-order valence-electron chi connectivity index (χ2n) is 4.69. The fourth-order valence-electron chi connectivity index (χ4n) is 1.80. The molecule has 0 radical (unpaired) electrons. The van der Waals surface area contributed by atoms with Gasteiger partial charge in [-0.2, -0.15) is 0 Å². The van der Waals surface area contributed by atoms with Gasteiger partial charge in [0.25, 0.3) is 0 Å². The zero-order chi connectivity index (χ0) is 13.1. The lowest BCUT2D eigenvalue weighted by Gasteiger charge is -2.07. The van der Waals surface area contributed by atoms with Crippen LogP contribution in [0.1, 0.15) is 12.8 Å². The first kappa shape index (κ1) is 11.7. The van der Waals surface area contributed by atoms with E-state index in [-0.39, 0.29) is 11.8 Å². The van der Waals surface area contributed by atoms with E-state index in [1.54, 1.807) is 6.20 Å². The Kier molecular flexibility index (Phi) is 3.14. The number of benzene rings is 1. The summed E-state index contributed by atoms with van der Waals surface area (Å²) >= 11 is 0. The van der Waals surface area contributed by atoms with Crippen LogP contribution in [0.5, 0.6) is 0 Å². The molecule has 4 nitrogen and oxygen atoms in total. The molecule has 0 bridgehead atoms. The number of hydrogen-bond donors (Lipinski definition) is 2. The molecule has 0 saturated heterocycles. The van der Waals surface area contributed by atoms with Crippen molar-refractivity contribution >= 4 is 23.1 Å². The average molecular weight is 253 g/mol. The number of rotatable bonds is 4. The van der Waals surface area contributed by atoms with E-state index in [1.807, 2.05) is 42.5 Å². The van der Waals surface area contributed by atoms with E-state index in [2.05, 4.69) is 15.6 Å². The largest absolute Gasteiger partial charge is 0.340 e. The Morgan fingerprint density at radius 3 is 2.47 bits per heavy atom. The number of para-hydroxylation sites is 1. The Labute approximate surface area is 111 Å². The molecule has 19 heavy (non-hydrogen) atoms. The molecule has 0 aliphatic heterocycles. The zero-order valence-electron chi connectivity index (χ0n) is 10.5. The molecule has 0 unspecified atom stereocenters. The fourth-order valence-corrected chi connectivity index (χ4v) is 1.80. The smallest absolute Gasteiger partial charge is 0.227 e. The van der Waals surface area contributed by atoms with Crippen molar-refractivity contribution in [3.63, 3.8) is 0 Å². The Morgan fingerprint density at radius 1 is 1.05 bits per heavy atom. The summed E-state index contributed by atoms with van der Waals surface area (Å²) in [6, 6.07) is 13.6. The quantitative estimate of drug-likeness (QED) is 0.880. The summed E-state index contributed by atoms with van der Waals surface area (Å²) in [5, 5.41) is 6.06. The lowest BCUT2D eigenvalue weighted by atomic mass is 10.3. The van der Waals surface area contributed by atoms with Crippen LogP contribution in [0.25, 0.3) is 0 Å². The Morgan fingerprint density at radius 2 is 1.84 bits per heavy atom. The van der Waals surface area contributed by atoms with Gasteiger partial charge in [0, 0.05) is 11.6 Å². The molecule has 1 saturated carbocycles. The lowest BCUT2D eigenvalue weighted by molar-refractivity contribution is -0.117. The second kappa shape index (κ2) is 5.10. The van der Waals surface area contributed by atoms with Gasteiger partial charge in [0.2, 0.25) is 5.91 Å². The van der Waals surface area contributed by atoms with Gasteiger partial charge in [-0.15, -0.1) is 0 Å². The Hall–Kier alpha value is -2.36. The number of anilines is 3. The number of carbonyl (C=O) groups is 1. The topological polar surface area (TPSA) is 54.0 Å². The van der Waals surface area contributed by atoms with Crippen LogP contribution in [-0.4, -0.2) is 10.9 Å². The van der Waals surface area contributed by atoms with Crippen molar-refractivity contribution < 1.29 is 4.79 Å². The number of amides is 1. The molecule has 1 fully saturated rings. The van der Waals surface area contributed by atoms with Gasteiger partial charge in [-0.05, 0) is 37.1 Å². The molecule has 1 amide bonds. The molecule has 2 N–H and O–H groups in total. The van der Waals surface area contributed by atoms with Crippen molar-refractivity contribution in [1.82, 2.24) is 4.98 Å². The average Bonchev–Trinajstić information content (AvgIpc) is 3.27. The predicted molar refractivity (Wildman–Crippen MR) is 75.3 cm³/mol. The van der Waals surface area contributed by atoms with E-state index >= 15 is 0 Å². The molecule has 1 heterocycles. The number of aromatic nitrogens is 1. The number of hydrogen-bond acceptors (Lipinski definition) is 3. The third-order valence-electron chi connectivity index (χ3n) is 3.03. The van der Waals surface area contributed by atoms with Crippen LogP contribution in [0.4, 0.5) is 17.2 Å². The van der Waals surface area contributed by atoms with Crippen LogP contribution in [0.3, 0.4) is 0 Å². The predicted octanol–water partition coefficient (Wildman–Crippen LogP) is 3.17. The van der Waals surface area contributed by atoms with Crippen molar-refractivity contribution in [3.05, 3.63) is 48.7 Å². The van der Waals surface area contributed by atoms with Crippen molar-refractivity contribution in [2.45, 2.75) is 12.8 Å². The number of nitrogens with zero attached hydrogens (tertiary/aromatic N) is 1. The van der Waals surface area contributed by atoms with Crippen LogP contribution in [0.15, 0.2) is 48.7 Å². The number of carbonyl (C=O) groups excluding carboxylic acids is 1. The van der Waals surface area contributed by atoms with Gasteiger partial charge in [-0.25, -0.2) is 4.98 Å². The van der Waals surface area contributed by atoms with Crippen molar-refractivity contribution in [2.24, 2.45) is 5.92 Å². The van der Waals surface area contributed by atoms with Crippen LogP contribution < -0.4 is 10.6 Å². The van der Waals surface area contributed by atoms with E-state index in [4.69, 9.17) is 0 Å². The monoisotopic (exact) mass is 253 g/mol. The summed E-state index contributed by atoms with van der Waals surface area (Å²) in [6.45, 7) is 0. The van der Waals surface area contributed by atoms with E-state index in [0.717, 1.165) is 30.0 Å². The minimum atomic E-state index is 0.102. The van der Waals surface area contributed by atoms with Crippen LogP contribution in [-0.2, 0) is 4.79 Å². The third-order valence-corrected chi connectivity index (χ3v) is 3.03. The van der Waals surface area contributed by atoms with Gasteiger partial charge in [-0.1, -0.05) is 18.2 Å². The van der Waals surface area contributed by atoms with E-state index in [1.165, 1.54) is 0 Å². The van der Waals surface area contributed by atoms with Crippen molar-refractivity contribution in [1.29, 1.82) is 0 Å². The van der Waals surface area contributed by atoms with Crippen molar-refractivity contribution in [3.8, 4) is 0 Å². The summed E-state index contributed by atoms with van der Waals surface area (Å²) in [5.74, 6) is 1.07. The van der Waals surface area contributed by atoms with Gasteiger partial charge >= 0.3 is 0 Å². The minimum absolute atomic E-state index is 0.102. The fraction of sp³-hybridized carbons (Fsp3) is 0.200. The first-order valence-corrected chi connectivity index (χ1v) is 6.40. The SMILES string of the molecule is O=C(Nc1ccc(Nc2ccccc2)nc1)C1CC1. The first-order chi connectivity index (χ1) is 9.31. The molecule has 3 rings (SSSR count). The van der Waals surface area contributed by atoms with Gasteiger partial charge in [-0.3, -0.25) is 4.79 Å². The summed E-state index contributed by atoms with van der Waals surface area (Å²) in [5.41, 5.74) is 1.74. The molecule has 1 aliphatic rings. The van der Waals surface area contributed by atoms with Gasteiger partial charge in [0.05, 0.1) is 11.9 Å². The molecule has 2 aromatic rings. The maximum atomic E-state index is 11.6. The zero-order valence-corrected chi connectivity index (χ0v) is 10.5. The lowest BCUT2D eigenvalue weighted by Crippen LogP contribution is -2.13. The summed E-state index contributed by atoms with van der Waals surface area (Å²) in [4.78, 5) is 15.9. The van der Waals surface area contributed by atoms with Gasteiger partial charge in [0.15, 0.2) is 0 Å². The molecule has 0 atom stereocenters. The highest BCUT2D eigenvalue weighted by atomic mass is 16.2. The molecule has 1 aromatic heterocycles. The second-order valence-corrected chi connectivity index (χ2v) is 4.69. The summed E-state index contributed by atoms with van der Waals surface area (Å²) in [6.07, 6.45) is 3.69. The minimum Gasteiger partial charge on any atom is -0.340 e. The van der Waals surface area contributed by atoms with Gasteiger partial charge < -0.3 is 10.6 Å². The Bertz CT molecular complexity index is 562. The maximum absolute atomic E-state index is 11.6. The maximum Gasteiger partial charge on any atom is 0.227 e. The summed E-state index contributed by atoms with van der Waals surface area (Å²) < 4.78 is 0. The summed E-state index contributed by atoms with van der Waals surface area (Å²) in [7, 11) is 0.